The van der Waals surface area contributed by atoms with Gasteiger partial charge in [-0.15, -0.1) is 0 Å². The highest BCUT2D eigenvalue weighted by molar-refractivity contribution is 7.89. The minimum Gasteiger partial charge on any atom is -0.319 e. The van der Waals surface area contributed by atoms with Crippen molar-refractivity contribution in [1.82, 2.24) is 9.29 Å². The summed E-state index contributed by atoms with van der Waals surface area (Å²) >= 11 is 1.40. The molecule has 0 unspecified atom stereocenters. The summed E-state index contributed by atoms with van der Waals surface area (Å²) in [5.41, 5.74) is 1.93. The molecule has 0 saturated carbocycles. The molecule has 0 radical (unpaired) electrons. The maximum Gasteiger partial charge on any atom is 0.266 e. The number of aromatic nitrogens is 1. The number of amides is 1. The van der Waals surface area contributed by atoms with Crippen molar-refractivity contribution in [3.05, 3.63) is 58.9 Å². The van der Waals surface area contributed by atoms with Gasteiger partial charge in [0.15, 0.2) is 4.80 Å². The zero-order chi connectivity index (χ0) is 20.5. The molecule has 0 bridgehead atoms. The Bertz CT molecular complexity index is 1170. The smallest absolute Gasteiger partial charge is 0.266 e. The van der Waals surface area contributed by atoms with E-state index in [4.69, 9.17) is 0 Å². The number of para-hydroxylation sites is 1. The monoisotopic (exact) mass is 417 g/mol. The summed E-state index contributed by atoms with van der Waals surface area (Å²) in [7, 11) is -1.99. The topological polar surface area (TPSA) is 80.5 Å². The first-order chi connectivity index (χ1) is 13.2. The molecule has 28 heavy (non-hydrogen) atoms. The van der Waals surface area contributed by atoms with Crippen LogP contribution in [0.2, 0.25) is 0 Å². The first kappa shape index (κ1) is 20.4. The third-order valence-electron chi connectivity index (χ3n) is 4.47. The van der Waals surface area contributed by atoms with E-state index < -0.39 is 22.0 Å². The molecule has 8 heteroatoms. The van der Waals surface area contributed by atoms with Crippen LogP contribution in [-0.4, -0.2) is 24.9 Å². The first-order valence-corrected chi connectivity index (χ1v) is 11.2. The number of rotatable bonds is 5. The third kappa shape index (κ3) is 4.24. The number of hydrogen-bond acceptors (Lipinski definition) is 4. The van der Waals surface area contributed by atoms with E-state index in [0.29, 0.717) is 4.80 Å². The van der Waals surface area contributed by atoms with Gasteiger partial charge in [-0.3, -0.25) is 4.79 Å². The van der Waals surface area contributed by atoms with E-state index in [0.717, 1.165) is 15.8 Å². The maximum atomic E-state index is 12.8. The van der Waals surface area contributed by atoms with Crippen LogP contribution < -0.4 is 9.52 Å². The molecular formula is C20H23N3O3S2. The van der Waals surface area contributed by atoms with Crippen LogP contribution in [0.3, 0.4) is 0 Å². The molecule has 0 saturated heterocycles. The van der Waals surface area contributed by atoms with Gasteiger partial charge < -0.3 is 4.57 Å². The average molecular weight is 418 g/mol. The second-order valence-electron chi connectivity index (χ2n) is 7.02. The van der Waals surface area contributed by atoms with Crippen molar-refractivity contribution in [1.29, 1.82) is 0 Å². The van der Waals surface area contributed by atoms with Crippen LogP contribution in [0.4, 0.5) is 0 Å². The number of hydrogen-bond donors (Lipinski definition) is 1. The number of carbonyl (C=O) groups is 1. The highest BCUT2D eigenvalue weighted by atomic mass is 32.2. The summed E-state index contributed by atoms with van der Waals surface area (Å²) in [5.74, 6) is -0.760. The molecule has 0 aliphatic rings. The fraction of sp³-hybridized carbons (Fsp3) is 0.300. The van der Waals surface area contributed by atoms with Gasteiger partial charge in [0.2, 0.25) is 10.0 Å². The summed E-state index contributed by atoms with van der Waals surface area (Å²) in [6.45, 7) is 5.47. The van der Waals surface area contributed by atoms with Crippen molar-refractivity contribution in [2.45, 2.75) is 31.7 Å². The van der Waals surface area contributed by atoms with Gasteiger partial charge in [0.25, 0.3) is 5.91 Å². The van der Waals surface area contributed by atoms with Gasteiger partial charge in [-0.05, 0) is 37.1 Å². The average Bonchev–Trinajstić information content (AvgIpc) is 2.96. The number of carbonyl (C=O) groups excluding carboxylic acids is 1. The Kier molecular flexibility index (Phi) is 5.83. The molecule has 0 spiro atoms. The molecule has 0 aliphatic carbocycles. The number of nitrogens with one attached hydrogen (secondary N) is 1. The van der Waals surface area contributed by atoms with E-state index in [1.807, 2.05) is 42.8 Å². The third-order valence-corrected chi connectivity index (χ3v) is 7.04. The second kappa shape index (κ2) is 7.98. The molecule has 1 amide bonds. The number of sulfonamides is 1. The van der Waals surface area contributed by atoms with Crippen molar-refractivity contribution >= 4 is 37.5 Å². The van der Waals surface area contributed by atoms with Crippen LogP contribution in [-0.2, 0) is 21.9 Å². The lowest BCUT2D eigenvalue weighted by Gasteiger charge is -2.19. The quantitative estimate of drug-likeness (QED) is 0.693. The van der Waals surface area contributed by atoms with Crippen LogP contribution in [0.15, 0.2) is 58.4 Å². The summed E-state index contributed by atoms with van der Waals surface area (Å²) < 4.78 is 30.8. The molecule has 1 atom stereocenters. The number of benzene rings is 2. The van der Waals surface area contributed by atoms with Crippen molar-refractivity contribution in [3.63, 3.8) is 0 Å². The van der Waals surface area contributed by atoms with Crippen molar-refractivity contribution in [2.75, 3.05) is 0 Å². The van der Waals surface area contributed by atoms with E-state index in [2.05, 4.69) is 9.71 Å². The van der Waals surface area contributed by atoms with Crippen LogP contribution in [0.25, 0.3) is 10.2 Å². The van der Waals surface area contributed by atoms with E-state index in [9.17, 15) is 13.2 Å². The standard InChI is InChI=1S/C20H23N3O3S2/c1-13(2)18(22-28(25,26)15-11-9-14(3)10-12-15)19(24)21-20-23(4)16-7-5-6-8-17(16)27-20/h5-13,18,22H,1-4H3/t18-/m1/s1. The Balaban J connectivity index is 1.94. The summed E-state index contributed by atoms with van der Waals surface area (Å²) in [4.78, 5) is 17.7. The number of aryl methyl sites for hydroxylation is 2. The van der Waals surface area contributed by atoms with E-state index in [1.54, 1.807) is 26.0 Å². The Morgan fingerprint density at radius 2 is 1.75 bits per heavy atom. The molecule has 1 N–H and O–H groups in total. The molecule has 0 fully saturated rings. The molecule has 148 valence electrons. The number of fused-ring (bicyclic) bond motifs is 1. The lowest BCUT2D eigenvalue weighted by Crippen LogP contribution is -2.44. The van der Waals surface area contributed by atoms with Gasteiger partial charge in [-0.1, -0.05) is 55.0 Å². The summed E-state index contributed by atoms with van der Waals surface area (Å²) in [6.07, 6.45) is 0. The predicted octanol–water partition coefficient (Wildman–Crippen LogP) is 2.98. The molecule has 1 heterocycles. The Hall–Kier alpha value is -2.29. The van der Waals surface area contributed by atoms with Crippen molar-refractivity contribution in [2.24, 2.45) is 18.0 Å². The maximum absolute atomic E-state index is 12.8. The Morgan fingerprint density at radius 1 is 1.11 bits per heavy atom. The fourth-order valence-electron chi connectivity index (χ4n) is 2.78. The fourth-order valence-corrected chi connectivity index (χ4v) is 5.14. The normalized spacial score (nSPS) is 14.0. The van der Waals surface area contributed by atoms with Gasteiger partial charge in [-0.2, -0.15) is 9.71 Å². The summed E-state index contributed by atoms with van der Waals surface area (Å²) in [6, 6.07) is 13.3. The minimum atomic E-state index is -3.83. The summed E-state index contributed by atoms with van der Waals surface area (Å²) in [5, 5.41) is 0. The molecule has 0 aliphatic heterocycles. The molecular weight excluding hydrogens is 394 g/mol. The second-order valence-corrected chi connectivity index (χ2v) is 9.74. The van der Waals surface area contributed by atoms with E-state index in [-0.39, 0.29) is 10.8 Å². The zero-order valence-electron chi connectivity index (χ0n) is 16.2. The van der Waals surface area contributed by atoms with Gasteiger partial charge in [0, 0.05) is 7.05 Å². The molecule has 3 aromatic rings. The van der Waals surface area contributed by atoms with Crippen LogP contribution >= 0.6 is 11.3 Å². The van der Waals surface area contributed by atoms with E-state index >= 15 is 0 Å². The van der Waals surface area contributed by atoms with Crippen LogP contribution in [0.1, 0.15) is 19.4 Å². The highest BCUT2D eigenvalue weighted by Crippen LogP contribution is 2.16. The Morgan fingerprint density at radius 3 is 2.36 bits per heavy atom. The lowest BCUT2D eigenvalue weighted by atomic mass is 10.1. The van der Waals surface area contributed by atoms with Crippen LogP contribution in [0, 0.1) is 12.8 Å². The molecule has 6 nitrogen and oxygen atoms in total. The predicted molar refractivity (Wildman–Crippen MR) is 111 cm³/mol. The van der Waals surface area contributed by atoms with Gasteiger partial charge >= 0.3 is 0 Å². The van der Waals surface area contributed by atoms with Gasteiger partial charge in [0.1, 0.15) is 6.04 Å². The van der Waals surface area contributed by atoms with Gasteiger partial charge in [-0.25, -0.2) is 8.42 Å². The Labute approximate surface area is 168 Å². The van der Waals surface area contributed by atoms with Crippen LogP contribution in [0.5, 0.6) is 0 Å². The van der Waals surface area contributed by atoms with E-state index in [1.165, 1.54) is 23.5 Å². The minimum absolute atomic E-state index is 0.129. The van der Waals surface area contributed by atoms with Gasteiger partial charge in [0.05, 0.1) is 15.1 Å². The first-order valence-electron chi connectivity index (χ1n) is 8.91. The largest absolute Gasteiger partial charge is 0.319 e. The molecule has 2 aromatic carbocycles. The molecule has 3 rings (SSSR count). The number of thiazole rings is 1. The van der Waals surface area contributed by atoms with Crippen molar-refractivity contribution in [3.8, 4) is 0 Å². The SMILES string of the molecule is Cc1ccc(S(=O)(=O)N[C@@H](C(=O)N=c2sc3ccccc3n2C)C(C)C)cc1. The zero-order valence-corrected chi connectivity index (χ0v) is 17.8. The number of nitrogens with zero attached hydrogens (tertiary/aromatic N) is 2. The lowest BCUT2D eigenvalue weighted by molar-refractivity contribution is -0.120. The molecule has 1 aromatic heterocycles. The highest BCUT2D eigenvalue weighted by Gasteiger charge is 2.28. The van der Waals surface area contributed by atoms with Crippen molar-refractivity contribution < 1.29 is 13.2 Å².